The normalized spacial score (nSPS) is 16.2. The Kier molecular flexibility index (Phi) is 9.96. The molecule has 2 N–H and O–H groups in total. The Morgan fingerprint density at radius 1 is 1.36 bits per heavy atom. The molecule has 4 nitrogen and oxygen atoms in total. The Labute approximate surface area is 165 Å². The van der Waals surface area contributed by atoms with E-state index in [1.165, 1.54) is 6.07 Å². The first kappa shape index (κ1) is 21.8. The van der Waals surface area contributed by atoms with Crippen LogP contribution in [-0.2, 0) is 6.42 Å². The summed E-state index contributed by atoms with van der Waals surface area (Å²) < 4.78 is 26.8. The number of halogens is 3. The molecule has 0 spiro atoms. The highest BCUT2D eigenvalue weighted by atomic mass is 127. The molecule has 2 rings (SSSR count). The van der Waals surface area contributed by atoms with Crippen LogP contribution in [0.5, 0.6) is 0 Å². The summed E-state index contributed by atoms with van der Waals surface area (Å²) in [4.78, 5) is 6.57. The average molecular weight is 464 g/mol. The summed E-state index contributed by atoms with van der Waals surface area (Å²) in [6, 6.07) is 3.91. The van der Waals surface area contributed by atoms with Crippen LogP contribution < -0.4 is 10.6 Å². The van der Waals surface area contributed by atoms with Crippen LogP contribution in [0.15, 0.2) is 35.8 Å². The predicted octanol–water partition coefficient (Wildman–Crippen LogP) is 2.94. The number of rotatable bonds is 6. The van der Waals surface area contributed by atoms with Crippen molar-refractivity contribution < 1.29 is 8.78 Å². The SMILES string of the molecule is C=CCN1CCC(NC(=NC)NCCc2cc(F)ccc2F)CC1.I. The van der Waals surface area contributed by atoms with E-state index in [-0.39, 0.29) is 29.8 Å². The first-order valence-corrected chi connectivity index (χ1v) is 8.36. The quantitative estimate of drug-likeness (QED) is 0.295. The third-order valence-corrected chi connectivity index (χ3v) is 4.23. The van der Waals surface area contributed by atoms with Gasteiger partial charge in [0.2, 0.25) is 0 Å². The summed E-state index contributed by atoms with van der Waals surface area (Å²) in [5.74, 6) is -0.0927. The van der Waals surface area contributed by atoms with Crippen LogP contribution in [0.2, 0.25) is 0 Å². The molecule has 1 aliphatic heterocycles. The highest BCUT2D eigenvalue weighted by Crippen LogP contribution is 2.11. The van der Waals surface area contributed by atoms with Gasteiger partial charge in [-0.2, -0.15) is 0 Å². The largest absolute Gasteiger partial charge is 0.356 e. The highest BCUT2D eigenvalue weighted by Gasteiger charge is 2.18. The van der Waals surface area contributed by atoms with Crippen molar-refractivity contribution in [3.8, 4) is 0 Å². The lowest BCUT2D eigenvalue weighted by molar-refractivity contribution is 0.225. The van der Waals surface area contributed by atoms with Crippen molar-refractivity contribution in [3.63, 3.8) is 0 Å². The Hall–Kier alpha value is -1.22. The number of guanidine groups is 1. The zero-order chi connectivity index (χ0) is 17.4. The van der Waals surface area contributed by atoms with E-state index in [4.69, 9.17) is 0 Å². The summed E-state index contributed by atoms with van der Waals surface area (Å²) in [7, 11) is 1.71. The number of hydrogen-bond donors (Lipinski definition) is 2. The lowest BCUT2D eigenvalue weighted by Crippen LogP contribution is -2.49. The molecule has 1 fully saturated rings. The van der Waals surface area contributed by atoms with E-state index in [1.807, 2.05) is 6.08 Å². The molecular formula is C18H27F2IN4. The minimum Gasteiger partial charge on any atom is -0.356 e. The highest BCUT2D eigenvalue weighted by molar-refractivity contribution is 14.0. The molecule has 140 valence electrons. The Balaban J connectivity index is 0.00000312. The Morgan fingerprint density at radius 2 is 2.08 bits per heavy atom. The maximum Gasteiger partial charge on any atom is 0.191 e. The molecule has 1 aromatic carbocycles. The molecule has 0 saturated carbocycles. The summed E-state index contributed by atoms with van der Waals surface area (Å²) in [6.45, 7) is 7.27. The zero-order valence-corrected chi connectivity index (χ0v) is 16.9. The van der Waals surface area contributed by atoms with Crippen LogP contribution in [0.25, 0.3) is 0 Å². The lowest BCUT2D eigenvalue weighted by Gasteiger charge is -2.32. The topological polar surface area (TPSA) is 39.7 Å². The molecule has 1 aliphatic rings. The molecule has 0 bridgehead atoms. The summed E-state index contributed by atoms with van der Waals surface area (Å²) in [5, 5.41) is 6.57. The van der Waals surface area contributed by atoms with Gasteiger partial charge in [-0.1, -0.05) is 6.08 Å². The molecule has 0 aliphatic carbocycles. The van der Waals surface area contributed by atoms with Gasteiger partial charge >= 0.3 is 0 Å². The van der Waals surface area contributed by atoms with Gasteiger partial charge in [-0.15, -0.1) is 30.6 Å². The van der Waals surface area contributed by atoms with Crippen LogP contribution in [-0.4, -0.2) is 50.1 Å². The van der Waals surface area contributed by atoms with Gasteiger partial charge in [0.15, 0.2) is 5.96 Å². The molecule has 0 radical (unpaired) electrons. The molecule has 1 aromatic rings. The first-order valence-electron chi connectivity index (χ1n) is 8.36. The van der Waals surface area contributed by atoms with Gasteiger partial charge < -0.3 is 10.6 Å². The molecule has 0 amide bonds. The van der Waals surface area contributed by atoms with Gasteiger partial charge in [-0.25, -0.2) is 8.78 Å². The second-order valence-corrected chi connectivity index (χ2v) is 5.99. The van der Waals surface area contributed by atoms with Gasteiger partial charge in [-0.3, -0.25) is 9.89 Å². The van der Waals surface area contributed by atoms with E-state index in [1.54, 1.807) is 7.05 Å². The molecule has 7 heteroatoms. The summed E-state index contributed by atoms with van der Waals surface area (Å²) in [6.07, 6.45) is 4.43. The van der Waals surface area contributed by atoms with E-state index >= 15 is 0 Å². The minimum absolute atomic E-state index is 0. The summed E-state index contributed by atoms with van der Waals surface area (Å²) in [5.41, 5.74) is 0.371. The maximum atomic E-state index is 13.6. The van der Waals surface area contributed by atoms with Crippen LogP contribution in [0.4, 0.5) is 8.78 Å². The number of piperidine rings is 1. The van der Waals surface area contributed by atoms with E-state index in [2.05, 4.69) is 27.1 Å². The van der Waals surface area contributed by atoms with Gasteiger partial charge in [0.25, 0.3) is 0 Å². The smallest absolute Gasteiger partial charge is 0.191 e. The van der Waals surface area contributed by atoms with Crippen LogP contribution >= 0.6 is 24.0 Å². The van der Waals surface area contributed by atoms with Gasteiger partial charge in [0.05, 0.1) is 0 Å². The van der Waals surface area contributed by atoms with E-state index in [0.717, 1.165) is 44.6 Å². The predicted molar refractivity (Wildman–Crippen MR) is 110 cm³/mol. The third-order valence-electron chi connectivity index (χ3n) is 4.23. The monoisotopic (exact) mass is 464 g/mol. The van der Waals surface area contributed by atoms with E-state index in [9.17, 15) is 8.78 Å². The van der Waals surface area contributed by atoms with Crippen LogP contribution in [0.1, 0.15) is 18.4 Å². The fourth-order valence-electron chi connectivity index (χ4n) is 2.88. The van der Waals surface area contributed by atoms with Gasteiger partial charge in [0, 0.05) is 39.3 Å². The van der Waals surface area contributed by atoms with Crippen molar-refractivity contribution in [2.24, 2.45) is 4.99 Å². The third kappa shape index (κ3) is 7.27. The standard InChI is InChI=1S/C18H26F2N4.HI/c1-3-10-24-11-7-16(8-12-24)23-18(21-2)22-9-6-14-13-15(19)4-5-17(14)20;/h3-5,13,16H,1,6-12H2,2H3,(H2,21,22,23);1H. The number of likely N-dealkylation sites (tertiary alicyclic amines) is 1. The maximum absolute atomic E-state index is 13.6. The van der Waals surface area contributed by atoms with Gasteiger partial charge in [-0.05, 0) is 43.0 Å². The lowest BCUT2D eigenvalue weighted by atomic mass is 10.1. The molecule has 25 heavy (non-hydrogen) atoms. The fourth-order valence-corrected chi connectivity index (χ4v) is 2.88. The molecule has 1 saturated heterocycles. The Morgan fingerprint density at radius 3 is 2.72 bits per heavy atom. The second kappa shape index (κ2) is 11.4. The molecule has 0 unspecified atom stereocenters. The van der Waals surface area contributed by atoms with Crippen molar-refractivity contribution >= 4 is 29.9 Å². The van der Waals surface area contributed by atoms with Gasteiger partial charge in [0.1, 0.15) is 11.6 Å². The minimum atomic E-state index is -0.416. The van der Waals surface area contributed by atoms with Crippen molar-refractivity contribution in [2.45, 2.75) is 25.3 Å². The first-order chi connectivity index (χ1) is 11.6. The number of aliphatic imine (C=N–C) groups is 1. The number of benzene rings is 1. The summed E-state index contributed by atoms with van der Waals surface area (Å²) >= 11 is 0. The van der Waals surface area contributed by atoms with Crippen molar-refractivity contribution in [1.29, 1.82) is 0 Å². The number of nitrogens with zero attached hydrogens (tertiary/aromatic N) is 2. The average Bonchev–Trinajstić information content (AvgIpc) is 2.59. The van der Waals surface area contributed by atoms with Crippen molar-refractivity contribution in [3.05, 3.63) is 48.1 Å². The van der Waals surface area contributed by atoms with Crippen molar-refractivity contribution in [2.75, 3.05) is 33.2 Å². The van der Waals surface area contributed by atoms with Crippen LogP contribution in [0.3, 0.4) is 0 Å². The van der Waals surface area contributed by atoms with E-state index < -0.39 is 5.82 Å². The van der Waals surface area contributed by atoms with Crippen LogP contribution in [0, 0.1) is 11.6 Å². The fraction of sp³-hybridized carbons (Fsp3) is 0.500. The van der Waals surface area contributed by atoms with E-state index in [0.29, 0.717) is 30.5 Å². The molecule has 1 heterocycles. The molecular weight excluding hydrogens is 437 g/mol. The second-order valence-electron chi connectivity index (χ2n) is 5.99. The number of nitrogens with one attached hydrogen (secondary N) is 2. The zero-order valence-electron chi connectivity index (χ0n) is 14.6. The van der Waals surface area contributed by atoms with Crippen molar-refractivity contribution in [1.82, 2.24) is 15.5 Å². The number of hydrogen-bond acceptors (Lipinski definition) is 2. The molecule has 0 aromatic heterocycles. The Bertz CT molecular complexity index is 572. The molecule has 0 atom stereocenters.